The molecule has 0 atom stereocenters. The zero-order chi connectivity index (χ0) is 15.4. The van der Waals surface area contributed by atoms with E-state index in [1.807, 2.05) is 0 Å². The molecule has 0 saturated carbocycles. The molecule has 2 heteroatoms. The zero-order valence-corrected chi connectivity index (χ0v) is 12.9. The summed E-state index contributed by atoms with van der Waals surface area (Å²) < 4.78 is 0. The first-order chi connectivity index (χ1) is 10.7. The van der Waals surface area contributed by atoms with Crippen LogP contribution in [-0.2, 0) is 0 Å². The number of benzene rings is 1. The van der Waals surface area contributed by atoms with E-state index in [1.54, 1.807) is 0 Å². The number of aryl methyl sites for hydroxylation is 2. The quantitative estimate of drug-likeness (QED) is 0.653. The molecule has 3 rings (SSSR count). The third kappa shape index (κ3) is 3.47. The molecule has 0 spiro atoms. The average molecular weight is 288 g/mol. The van der Waals surface area contributed by atoms with Gasteiger partial charge in [0.1, 0.15) is 0 Å². The summed E-state index contributed by atoms with van der Waals surface area (Å²) in [4.78, 5) is 6.63. The maximum atomic E-state index is 3.32. The van der Waals surface area contributed by atoms with Gasteiger partial charge in [-0.05, 0) is 61.4 Å². The molecule has 0 unspecified atom stereocenters. The number of H-pyrrole nitrogens is 2. The molecule has 2 aromatic heterocycles. The fourth-order valence-corrected chi connectivity index (χ4v) is 2.42. The average Bonchev–Trinajstić information content (AvgIpc) is 3.12. The third-order valence-corrected chi connectivity index (χ3v) is 3.59. The van der Waals surface area contributed by atoms with Gasteiger partial charge in [0.05, 0.1) is 0 Å². The number of hydrogen-bond acceptors (Lipinski definition) is 0. The van der Waals surface area contributed by atoms with Crippen LogP contribution in [0.1, 0.15) is 33.9 Å². The van der Waals surface area contributed by atoms with Gasteiger partial charge in [0.25, 0.3) is 0 Å². The van der Waals surface area contributed by atoms with Crippen molar-refractivity contribution in [2.45, 2.75) is 13.8 Å². The highest BCUT2D eigenvalue weighted by Gasteiger charge is 1.96. The predicted molar refractivity (Wildman–Crippen MR) is 95.4 cm³/mol. The van der Waals surface area contributed by atoms with E-state index in [0.29, 0.717) is 0 Å². The Labute approximate surface area is 131 Å². The molecule has 0 radical (unpaired) electrons. The second-order valence-corrected chi connectivity index (χ2v) is 5.49. The molecular weight excluding hydrogens is 268 g/mol. The van der Waals surface area contributed by atoms with Crippen molar-refractivity contribution in [2.24, 2.45) is 0 Å². The van der Waals surface area contributed by atoms with Crippen LogP contribution >= 0.6 is 0 Å². The van der Waals surface area contributed by atoms with E-state index in [-0.39, 0.29) is 0 Å². The molecule has 0 fully saturated rings. The Morgan fingerprint density at radius 3 is 1.41 bits per heavy atom. The second-order valence-electron chi connectivity index (χ2n) is 5.49. The maximum Gasteiger partial charge on any atom is 0.0382 e. The van der Waals surface area contributed by atoms with E-state index < -0.39 is 0 Å². The van der Waals surface area contributed by atoms with E-state index in [4.69, 9.17) is 0 Å². The Bertz CT molecular complexity index is 746. The zero-order valence-electron chi connectivity index (χ0n) is 12.9. The number of nitrogens with one attached hydrogen (secondary N) is 2. The molecule has 0 aliphatic rings. The summed E-state index contributed by atoms with van der Waals surface area (Å²) in [5, 5.41) is 0. The van der Waals surface area contributed by atoms with Crippen molar-refractivity contribution in [3.8, 4) is 0 Å². The van der Waals surface area contributed by atoms with Crippen molar-refractivity contribution in [3.63, 3.8) is 0 Å². The monoisotopic (exact) mass is 288 g/mol. The number of hydrogen-bond donors (Lipinski definition) is 2. The maximum absolute atomic E-state index is 3.32. The highest BCUT2D eigenvalue weighted by atomic mass is 14.7. The second kappa shape index (κ2) is 6.35. The van der Waals surface area contributed by atoms with Gasteiger partial charge in [-0.1, -0.05) is 36.4 Å². The minimum atomic E-state index is 1.12. The van der Waals surface area contributed by atoms with E-state index in [0.717, 1.165) is 11.4 Å². The van der Waals surface area contributed by atoms with Crippen LogP contribution in [0.5, 0.6) is 0 Å². The van der Waals surface area contributed by atoms with Crippen LogP contribution in [0.25, 0.3) is 24.3 Å². The Morgan fingerprint density at radius 2 is 1.05 bits per heavy atom. The summed E-state index contributed by atoms with van der Waals surface area (Å²) >= 11 is 0. The molecule has 2 nitrogen and oxygen atoms in total. The largest absolute Gasteiger partial charge is 0.359 e. The van der Waals surface area contributed by atoms with Crippen molar-refractivity contribution in [2.75, 3.05) is 0 Å². The van der Waals surface area contributed by atoms with Gasteiger partial charge in [0.2, 0.25) is 0 Å². The SMILES string of the molecule is Cc1ccc(/C=C/c2ccccc2/C=C/c2ccc(C)[nH]2)[nH]1. The smallest absolute Gasteiger partial charge is 0.0382 e. The lowest BCUT2D eigenvalue weighted by Crippen LogP contribution is -1.80. The van der Waals surface area contributed by atoms with Crippen LogP contribution in [0.4, 0.5) is 0 Å². The highest BCUT2D eigenvalue weighted by Crippen LogP contribution is 2.16. The summed E-state index contributed by atoms with van der Waals surface area (Å²) in [7, 11) is 0. The summed E-state index contributed by atoms with van der Waals surface area (Å²) in [6, 6.07) is 16.7. The number of aromatic amines is 2. The third-order valence-electron chi connectivity index (χ3n) is 3.59. The first kappa shape index (κ1) is 14.2. The summed E-state index contributed by atoms with van der Waals surface area (Å²) in [6.45, 7) is 4.12. The van der Waals surface area contributed by atoms with Gasteiger partial charge >= 0.3 is 0 Å². The van der Waals surface area contributed by atoms with Crippen LogP contribution in [0.3, 0.4) is 0 Å². The molecule has 1 aromatic carbocycles. The highest BCUT2D eigenvalue weighted by molar-refractivity contribution is 5.78. The van der Waals surface area contributed by atoms with E-state index in [9.17, 15) is 0 Å². The predicted octanol–water partition coefficient (Wildman–Crippen LogP) is 5.30. The van der Waals surface area contributed by atoms with Crippen LogP contribution in [-0.4, -0.2) is 9.97 Å². The molecule has 0 aliphatic heterocycles. The van der Waals surface area contributed by atoms with Gasteiger partial charge < -0.3 is 9.97 Å². The molecule has 0 saturated heterocycles. The molecular formula is C20H20N2. The molecule has 0 amide bonds. The van der Waals surface area contributed by atoms with E-state index in [2.05, 4.69) is 96.7 Å². The van der Waals surface area contributed by atoms with Crippen molar-refractivity contribution in [1.82, 2.24) is 9.97 Å². The minimum absolute atomic E-state index is 1.12. The van der Waals surface area contributed by atoms with Crippen LogP contribution in [0, 0.1) is 13.8 Å². The van der Waals surface area contributed by atoms with Crippen LogP contribution < -0.4 is 0 Å². The Hall–Kier alpha value is -2.74. The van der Waals surface area contributed by atoms with Crippen molar-refractivity contribution in [3.05, 3.63) is 82.4 Å². The topological polar surface area (TPSA) is 31.6 Å². The normalized spacial score (nSPS) is 11.7. The summed E-state index contributed by atoms with van der Waals surface area (Å²) in [6.07, 6.45) is 8.51. The lowest BCUT2D eigenvalue weighted by molar-refractivity contribution is 1.25. The number of rotatable bonds is 4. The Balaban J connectivity index is 1.83. The van der Waals surface area contributed by atoms with E-state index in [1.165, 1.54) is 22.5 Å². The first-order valence-electron chi connectivity index (χ1n) is 7.47. The van der Waals surface area contributed by atoms with Gasteiger partial charge in [-0.15, -0.1) is 0 Å². The molecule has 2 heterocycles. The molecule has 0 aliphatic carbocycles. The summed E-state index contributed by atoms with van der Waals surface area (Å²) in [5.74, 6) is 0. The summed E-state index contributed by atoms with van der Waals surface area (Å²) in [5.41, 5.74) is 7.00. The molecule has 2 N–H and O–H groups in total. The number of aromatic nitrogens is 2. The Kier molecular flexibility index (Phi) is 4.10. The molecule has 0 bridgehead atoms. The van der Waals surface area contributed by atoms with Crippen molar-refractivity contribution in [1.29, 1.82) is 0 Å². The van der Waals surface area contributed by atoms with Gasteiger partial charge in [0.15, 0.2) is 0 Å². The fraction of sp³-hybridized carbons (Fsp3) is 0.100. The standard InChI is InChI=1S/C20H20N2/c1-15-7-11-19(21-15)13-9-17-5-3-4-6-18(17)10-14-20-12-8-16(2)22-20/h3-14,21-22H,1-2H3/b13-9+,14-10+. The lowest BCUT2D eigenvalue weighted by Gasteiger charge is -2.00. The van der Waals surface area contributed by atoms with Crippen molar-refractivity contribution >= 4 is 24.3 Å². The van der Waals surface area contributed by atoms with E-state index >= 15 is 0 Å². The minimum Gasteiger partial charge on any atom is -0.359 e. The molecule has 110 valence electrons. The van der Waals surface area contributed by atoms with Gasteiger partial charge in [-0.25, -0.2) is 0 Å². The molecule has 22 heavy (non-hydrogen) atoms. The van der Waals surface area contributed by atoms with Crippen LogP contribution in [0.15, 0.2) is 48.5 Å². The molecule has 3 aromatic rings. The fourth-order valence-electron chi connectivity index (χ4n) is 2.42. The van der Waals surface area contributed by atoms with Crippen molar-refractivity contribution < 1.29 is 0 Å². The van der Waals surface area contributed by atoms with Gasteiger partial charge in [0, 0.05) is 22.8 Å². The van der Waals surface area contributed by atoms with Crippen LogP contribution in [0.2, 0.25) is 0 Å². The Morgan fingerprint density at radius 1 is 0.591 bits per heavy atom. The van der Waals surface area contributed by atoms with Gasteiger partial charge in [-0.2, -0.15) is 0 Å². The lowest BCUT2D eigenvalue weighted by atomic mass is 10.1. The first-order valence-corrected chi connectivity index (χ1v) is 7.47. The van der Waals surface area contributed by atoms with Gasteiger partial charge in [-0.3, -0.25) is 0 Å².